The molecule has 0 fully saturated rings. The minimum absolute atomic E-state index is 0.151. The summed E-state index contributed by atoms with van der Waals surface area (Å²) < 4.78 is 24.6. The van der Waals surface area contributed by atoms with Gasteiger partial charge in [0.2, 0.25) is 9.30 Å². The van der Waals surface area contributed by atoms with Crippen LogP contribution in [0.2, 0.25) is 0 Å². The number of unbranched alkanes of at least 4 members (excludes halogenated alkanes) is 5. The van der Waals surface area contributed by atoms with E-state index in [1.165, 1.54) is 44.9 Å². The number of primary sulfonamides is 1. The summed E-state index contributed by atoms with van der Waals surface area (Å²) in [4.78, 5) is 5.79. The van der Waals surface area contributed by atoms with Crippen LogP contribution in [-0.4, -0.2) is 27.8 Å². The van der Waals surface area contributed by atoms with Gasteiger partial charge in [0.1, 0.15) is 11.4 Å². The van der Waals surface area contributed by atoms with Gasteiger partial charge in [0, 0.05) is 16.0 Å². The first kappa shape index (κ1) is 27.5. The quantitative estimate of drug-likeness (QED) is 0.158. The highest BCUT2D eigenvalue weighted by Crippen LogP contribution is 2.34. The molecule has 2 N–H and O–H groups in total. The van der Waals surface area contributed by atoms with Crippen molar-refractivity contribution in [2.75, 3.05) is 0 Å². The van der Waals surface area contributed by atoms with E-state index in [9.17, 15) is 8.42 Å². The number of hydrogen-bond donors (Lipinski definition) is 1. The average molecular weight is 578 g/mol. The molecule has 1 unspecified atom stereocenters. The fraction of sp³-hybridized carbons (Fsp3) is 0.385. The van der Waals surface area contributed by atoms with Crippen LogP contribution in [0.25, 0.3) is 27.5 Å². The van der Waals surface area contributed by atoms with Gasteiger partial charge in [-0.3, -0.25) is 0 Å². The summed E-state index contributed by atoms with van der Waals surface area (Å²) in [6.07, 6.45) is 9.82. The molecule has 188 valence electrons. The third kappa shape index (κ3) is 7.96. The Balaban J connectivity index is 0.000000266. The Bertz CT molecular complexity index is 1290. The molecule has 35 heavy (non-hydrogen) atoms. The number of benzene rings is 2. The first-order valence-corrected chi connectivity index (χ1v) is 15.3. The van der Waals surface area contributed by atoms with Crippen molar-refractivity contribution < 1.29 is 8.42 Å². The predicted molar refractivity (Wildman–Crippen MR) is 149 cm³/mol. The fourth-order valence-electron chi connectivity index (χ4n) is 3.70. The highest BCUT2D eigenvalue weighted by Gasteiger charge is 2.22. The van der Waals surface area contributed by atoms with E-state index in [0.717, 1.165) is 33.9 Å². The Hall–Kier alpha value is -2.07. The van der Waals surface area contributed by atoms with E-state index in [1.807, 2.05) is 60.7 Å². The van der Waals surface area contributed by atoms with Gasteiger partial charge in [-0.2, -0.15) is 0 Å². The van der Waals surface area contributed by atoms with E-state index >= 15 is 0 Å². The SMILES string of the molecule is CCCCCCCCC(C)Br.NS(=O)(=O)c1nn2c(-c3ccccc3)c(-c3ccccc3)nc2s1. The van der Waals surface area contributed by atoms with Crippen LogP contribution in [-0.2, 0) is 10.0 Å². The number of fused-ring (bicyclic) bond motifs is 1. The Morgan fingerprint density at radius 2 is 1.51 bits per heavy atom. The van der Waals surface area contributed by atoms with Gasteiger partial charge >= 0.3 is 0 Å². The third-order valence-corrected chi connectivity index (χ3v) is 8.15. The number of hydrogen-bond acceptors (Lipinski definition) is 5. The molecule has 4 aromatic rings. The lowest BCUT2D eigenvalue weighted by Crippen LogP contribution is -2.12. The zero-order valence-electron chi connectivity index (χ0n) is 20.2. The summed E-state index contributed by atoms with van der Waals surface area (Å²) in [5.41, 5.74) is 3.32. The number of nitrogens with zero attached hydrogens (tertiary/aromatic N) is 3. The molecular formula is C26H33BrN4O2S2. The summed E-state index contributed by atoms with van der Waals surface area (Å²) in [5.74, 6) is 0. The molecule has 4 rings (SSSR count). The molecule has 0 saturated heterocycles. The van der Waals surface area contributed by atoms with Crippen molar-refractivity contribution >= 4 is 42.3 Å². The van der Waals surface area contributed by atoms with Crippen molar-refractivity contribution in [3.8, 4) is 22.5 Å². The lowest BCUT2D eigenvalue weighted by atomic mass is 10.1. The van der Waals surface area contributed by atoms with Gasteiger partial charge in [-0.15, -0.1) is 5.10 Å². The maximum absolute atomic E-state index is 11.6. The monoisotopic (exact) mass is 576 g/mol. The fourth-order valence-corrected chi connectivity index (χ4v) is 5.55. The number of halogens is 1. The van der Waals surface area contributed by atoms with E-state index in [1.54, 1.807) is 4.52 Å². The first-order valence-electron chi connectivity index (χ1n) is 12.0. The van der Waals surface area contributed by atoms with Crippen molar-refractivity contribution in [2.24, 2.45) is 5.14 Å². The largest absolute Gasteiger partial charge is 0.267 e. The molecule has 0 saturated carbocycles. The molecule has 0 amide bonds. The van der Waals surface area contributed by atoms with Gasteiger partial charge in [0.05, 0.1) is 0 Å². The summed E-state index contributed by atoms with van der Waals surface area (Å²) in [5, 5.41) is 9.36. The standard InChI is InChI=1S/C16H12N4O2S2.C10H21Br/c17-24(21,22)16-19-20-14(12-9-5-2-6-10-12)13(18-15(20)23-16)11-7-3-1-4-8-11;1-3-4-5-6-7-8-9-10(2)11/h1-10H,(H2,17,21,22);10H,3-9H2,1-2H3. The zero-order valence-corrected chi connectivity index (χ0v) is 23.4. The van der Waals surface area contributed by atoms with E-state index in [0.29, 0.717) is 9.79 Å². The van der Waals surface area contributed by atoms with Crippen LogP contribution in [0.3, 0.4) is 0 Å². The molecule has 0 bridgehead atoms. The van der Waals surface area contributed by atoms with Crippen LogP contribution in [0.5, 0.6) is 0 Å². The third-order valence-electron chi connectivity index (χ3n) is 5.48. The van der Waals surface area contributed by atoms with Gasteiger partial charge in [-0.05, 0) is 6.42 Å². The molecule has 6 nitrogen and oxygen atoms in total. The minimum atomic E-state index is -3.86. The number of rotatable bonds is 10. The second kappa shape index (κ2) is 13.3. The van der Waals surface area contributed by atoms with Crippen molar-refractivity contribution in [3.63, 3.8) is 0 Å². The summed E-state index contributed by atoms with van der Waals surface area (Å²) >= 11 is 4.51. The molecule has 0 aliphatic carbocycles. The maximum atomic E-state index is 11.6. The molecule has 1 atom stereocenters. The highest BCUT2D eigenvalue weighted by atomic mass is 79.9. The number of imidazole rings is 1. The first-order chi connectivity index (χ1) is 16.8. The smallest absolute Gasteiger partial charge is 0.223 e. The molecule has 0 spiro atoms. The topological polar surface area (TPSA) is 90.4 Å². The van der Waals surface area contributed by atoms with Crippen LogP contribution in [0.1, 0.15) is 58.8 Å². The Morgan fingerprint density at radius 3 is 2.09 bits per heavy atom. The second-order valence-corrected chi connectivity index (χ2v) is 12.7. The molecule has 2 heterocycles. The summed E-state index contributed by atoms with van der Waals surface area (Å²) in [6.45, 7) is 4.49. The summed E-state index contributed by atoms with van der Waals surface area (Å²) in [7, 11) is -3.86. The average Bonchev–Trinajstić information content (AvgIpc) is 3.41. The number of aromatic nitrogens is 3. The molecule has 2 aromatic carbocycles. The van der Waals surface area contributed by atoms with Crippen LogP contribution < -0.4 is 5.14 Å². The Labute approximate surface area is 220 Å². The zero-order chi connectivity index (χ0) is 25.3. The van der Waals surface area contributed by atoms with Gasteiger partial charge in [0.15, 0.2) is 0 Å². The molecule has 2 aromatic heterocycles. The van der Waals surface area contributed by atoms with Crippen LogP contribution >= 0.6 is 27.3 Å². The van der Waals surface area contributed by atoms with Crippen LogP contribution in [0.4, 0.5) is 0 Å². The van der Waals surface area contributed by atoms with E-state index in [-0.39, 0.29) is 4.34 Å². The van der Waals surface area contributed by atoms with Crippen molar-refractivity contribution in [2.45, 2.75) is 68.0 Å². The van der Waals surface area contributed by atoms with Crippen molar-refractivity contribution in [1.29, 1.82) is 0 Å². The van der Waals surface area contributed by atoms with Gasteiger partial charge in [0.25, 0.3) is 10.0 Å². The molecule has 9 heteroatoms. The van der Waals surface area contributed by atoms with Gasteiger partial charge in [-0.1, -0.05) is 140 Å². The number of alkyl halides is 1. The Morgan fingerprint density at radius 1 is 0.943 bits per heavy atom. The van der Waals surface area contributed by atoms with E-state index in [4.69, 9.17) is 5.14 Å². The number of nitrogens with two attached hydrogens (primary N) is 1. The molecule has 0 radical (unpaired) electrons. The lowest BCUT2D eigenvalue weighted by Gasteiger charge is -2.04. The van der Waals surface area contributed by atoms with Crippen LogP contribution in [0.15, 0.2) is 65.0 Å². The van der Waals surface area contributed by atoms with Crippen molar-refractivity contribution in [1.82, 2.24) is 14.6 Å². The molecule has 0 aliphatic rings. The number of sulfonamides is 1. The van der Waals surface area contributed by atoms with Crippen molar-refractivity contribution in [3.05, 3.63) is 60.7 Å². The normalized spacial score (nSPS) is 12.3. The van der Waals surface area contributed by atoms with Gasteiger partial charge in [-0.25, -0.2) is 23.1 Å². The van der Waals surface area contributed by atoms with E-state index < -0.39 is 10.0 Å². The lowest BCUT2D eigenvalue weighted by molar-refractivity contribution is 0.590. The summed E-state index contributed by atoms with van der Waals surface area (Å²) in [6, 6.07) is 19.3. The predicted octanol–water partition coefficient (Wildman–Crippen LogP) is 7.29. The molecular weight excluding hydrogens is 544 g/mol. The minimum Gasteiger partial charge on any atom is -0.223 e. The highest BCUT2D eigenvalue weighted by molar-refractivity contribution is 9.09. The molecule has 0 aliphatic heterocycles. The second-order valence-electron chi connectivity index (χ2n) is 8.49. The van der Waals surface area contributed by atoms with Crippen LogP contribution in [0, 0.1) is 0 Å². The Kier molecular flexibility index (Phi) is 10.5. The van der Waals surface area contributed by atoms with Gasteiger partial charge < -0.3 is 0 Å². The maximum Gasteiger partial charge on any atom is 0.267 e. The van der Waals surface area contributed by atoms with E-state index in [2.05, 4.69) is 39.9 Å².